The zero-order chi connectivity index (χ0) is 14.5. The van der Waals surface area contributed by atoms with Gasteiger partial charge in [-0.2, -0.15) is 13.2 Å². The van der Waals surface area contributed by atoms with Gasteiger partial charge in [-0.1, -0.05) is 20.8 Å². The number of hydrogen-bond donors (Lipinski definition) is 1. The molecule has 0 unspecified atom stereocenters. The van der Waals surface area contributed by atoms with Crippen LogP contribution in [0.5, 0.6) is 5.75 Å². The molecule has 1 N–H and O–H groups in total. The van der Waals surface area contributed by atoms with Gasteiger partial charge in [-0.05, 0) is 6.54 Å². The minimum atomic E-state index is -4.37. The van der Waals surface area contributed by atoms with Crippen molar-refractivity contribution in [1.29, 1.82) is 0 Å². The lowest BCUT2D eigenvalue weighted by molar-refractivity contribution is -0.153. The predicted octanol–water partition coefficient (Wildman–Crippen LogP) is 2.65. The molecule has 1 heterocycles. The lowest BCUT2D eigenvalue weighted by Crippen LogP contribution is -2.21. The summed E-state index contributed by atoms with van der Waals surface area (Å²) in [6, 6.07) is 0. The van der Waals surface area contributed by atoms with Crippen LogP contribution in [0.3, 0.4) is 0 Å². The molecule has 4 nitrogen and oxygen atoms in total. The Morgan fingerprint density at radius 1 is 1.37 bits per heavy atom. The zero-order valence-corrected chi connectivity index (χ0v) is 11.2. The number of rotatable bonds is 6. The normalized spacial score (nSPS) is 11.9. The summed E-state index contributed by atoms with van der Waals surface area (Å²) >= 11 is 0. The van der Waals surface area contributed by atoms with E-state index in [-0.39, 0.29) is 11.7 Å². The van der Waals surface area contributed by atoms with Crippen LogP contribution < -0.4 is 10.1 Å². The molecule has 0 aromatic carbocycles. The molecule has 0 radical (unpaired) electrons. The molecule has 0 bridgehead atoms. The summed E-state index contributed by atoms with van der Waals surface area (Å²) in [5, 5.41) is 3.02. The number of alkyl halides is 3. The van der Waals surface area contributed by atoms with Crippen LogP contribution in [-0.4, -0.2) is 29.3 Å². The van der Waals surface area contributed by atoms with Crippen molar-refractivity contribution in [2.45, 2.75) is 39.4 Å². The largest absolute Gasteiger partial charge is 0.481 e. The van der Waals surface area contributed by atoms with E-state index >= 15 is 0 Å². The number of aromatic nitrogens is 2. The lowest BCUT2D eigenvalue weighted by Gasteiger charge is -2.14. The number of halogens is 3. The van der Waals surface area contributed by atoms with Gasteiger partial charge in [0.2, 0.25) is 0 Å². The topological polar surface area (TPSA) is 47.0 Å². The average molecular weight is 277 g/mol. The van der Waals surface area contributed by atoms with Crippen molar-refractivity contribution in [3.8, 4) is 5.75 Å². The van der Waals surface area contributed by atoms with Gasteiger partial charge in [0.25, 0.3) is 0 Å². The van der Waals surface area contributed by atoms with E-state index in [1.54, 1.807) is 0 Å². The van der Waals surface area contributed by atoms with Crippen molar-refractivity contribution in [2.75, 3.05) is 13.2 Å². The maximum atomic E-state index is 12.2. The van der Waals surface area contributed by atoms with Crippen molar-refractivity contribution >= 4 is 0 Å². The van der Waals surface area contributed by atoms with Crippen molar-refractivity contribution < 1.29 is 17.9 Å². The SMILES string of the molecule is CCNCc1nc(C(C)C)ncc1OCC(F)(F)F. The standard InChI is InChI=1S/C12H18F3N3O/c1-4-16-5-9-10(19-7-12(13,14)15)6-17-11(18-9)8(2)3/h6,8,16H,4-5,7H2,1-3H3. The molecule has 0 aliphatic carbocycles. The fraction of sp³-hybridized carbons (Fsp3) is 0.667. The highest BCUT2D eigenvalue weighted by Gasteiger charge is 2.29. The Hall–Kier alpha value is -1.37. The van der Waals surface area contributed by atoms with E-state index in [0.717, 1.165) is 0 Å². The minimum absolute atomic E-state index is 0.0719. The summed E-state index contributed by atoms with van der Waals surface area (Å²) in [5.74, 6) is 0.770. The van der Waals surface area contributed by atoms with Gasteiger partial charge in [0, 0.05) is 12.5 Å². The van der Waals surface area contributed by atoms with Crippen molar-refractivity contribution in [3.05, 3.63) is 17.7 Å². The third kappa shape index (κ3) is 5.42. The van der Waals surface area contributed by atoms with Gasteiger partial charge in [-0.25, -0.2) is 9.97 Å². The zero-order valence-electron chi connectivity index (χ0n) is 11.2. The van der Waals surface area contributed by atoms with Gasteiger partial charge in [0.15, 0.2) is 12.4 Å². The van der Waals surface area contributed by atoms with E-state index in [2.05, 4.69) is 15.3 Å². The second-order valence-electron chi connectivity index (χ2n) is 4.38. The third-order valence-corrected chi connectivity index (χ3v) is 2.30. The summed E-state index contributed by atoms with van der Waals surface area (Å²) in [5.41, 5.74) is 0.449. The van der Waals surface area contributed by atoms with Gasteiger partial charge in [0.05, 0.1) is 11.9 Å². The average Bonchev–Trinajstić information content (AvgIpc) is 2.33. The summed E-state index contributed by atoms with van der Waals surface area (Å²) in [6.45, 7) is 5.45. The van der Waals surface area contributed by atoms with Crippen LogP contribution in [0.25, 0.3) is 0 Å². The molecule has 7 heteroatoms. The first-order valence-electron chi connectivity index (χ1n) is 6.09. The highest BCUT2D eigenvalue weighted by atomic mass is 19.4. The summed E-state index contributed by atoms with van der Waals surface area (Å²) in [6.07, 6.45) is -3.06. The maximum Gasteiger partial charge on any atom is 0.422 e. The number of ether oxygens (including phenoxy) is 1. The first-order valence-corrected chi connectivity index (χ1v) is 6.09. The van der Waals surface area contributed by atoms with Crippen molar-refractivity contribution in [3.63, 3.8) is 0 Å². The molecule has 19 heavy (non-hydrogen) atoms. The van der Waals surface area contributed by atoms with Crippen LogP contribution in [0.4, 0.5) is 13.2 Å². The van der Waals surface area contributed by atoms with Crippen LogP contribution >= 0.6 is 0 Å². The molecule has 1 aromatic heterocycles. The molecule has 0 amide bonds. The molecule has 0 aliphatic heterocycles. The fourth-order valence-corrected chi connectivity index (χ4v) is 1.35. The van der Waals surface area contributed by atoms with Gasteiger partial charge in [-0.15, -0.1) is 0 Å². The Bertz CT molecular complexity index is 408. The second kappa shape index (κ2) is 6.70. The Morgan fingerprint density at radius 3 is 2.58 bits per heavy atom. The lowest BCUT2D eigenvalue weighted by atomic mass is 10.2. The second-order valence-corrected chi connectivity index (χ2v) is 4.38. The van der Waals surface area contributed by atoms with E-state index in [4.69, 9.17) is 4.74 Å². The molecular weight excluding hydrogens is 259 g/mol. The van der Waals surface area contributed by atoms with E-state index in [0.29, 0.717) is 24.6 Å². The van der Waals surface area contributed by atoms with Gasteiger partial charge >= 0.3 is 6.18 Å². The fourth-order valence-electron chi connectivity index (χ4n) is 1.35. The molecule has 0 aliphatic rings. The summed E-state index contributed by atoms with van der Waals surface area (Å²) in [7, 11) is 0. The highest BCUT2D eigenvalue weighted by Crippen LogP contribution is 2.22. The number of hydrogen-bond acceptors (Lipinski definition) is 4. The molecule has 0 spiro atoms. The van der Waals surface area contributed by atoms with Crippen molar-refractivity contribution in [1.82, 2.24) is 15.3 Å². The molecule has 0 fully saturated rings. The molecule has 0 saturated carbocycles. The van der Waals surface area contributed by atoms with Crippen LogP contribution in [0.2, 0.25) is 0 Å². The van der Waals surface area contributed by atoms with Crippen LogP contribution in [0.1, 0.15) is 38.2 Å². The highest BCUT2D eigenvalue weighted by molar-refractivity contribution is 5.25. The van der Waals surface area contributed by atoms with Gasteiger partial charge in [-0.3, -0.25) is 0 Å². The molecule has 0 saturated heterocycles. The van der Waals surface area contributed by atoms with E-state index in [9.17, 15) is 13.2 Å². The van der Waals surface area contributed by atoms with E-state index in [1.807, 2.05) is 20.8 Å². The van der Waals surface area contributed by atoms with E-state index < -0.39 is 12.8 Å². The Balaban J connectivity index is 2.88. The van der Waals surface area contributed by atoms with Crippen LogP contribution in [-0.2, 0) is 6.54 Å². The van der Waals surface area contributed by atoms with Crippen LogP contribution in [0, 0.1) is 0 Å². The summed E-state index contributed by atoms with van der Waals surface area (Å²) < 4.78 is 41.2. The van der Waals surface area contributed by atoms with Crippen LogP contribution in [0.15, 0.2) is 6.20 Å². The minimum Gasteiger partial charge on any atom is -0.481 e. The Kier molecular flexibility index (Phi) is 5.53. The number of nitrogens with one attached hydrogen (secondary N) is 1. The molecule has 108 valence electrons. The quantitative estimate of drug-likeness (QED) is 0.868. The Labute approximate surface area is 110 Å². The van der Waals surface area contributed by atoms with E-state index in [1.165, 1.54) is 6.20 Å². The Morgan fingerprint density at radius 2 is 2.05 bits per heavy atom. The monoisotopic (exact) mass is 277 g/mol. The first kappa shape index (κ1) is 15.7. The van der Waals surface area contributed by atoms with Crippen molar-refractivity contribution in [2.24, 2.45) is 0 Å². The maximum absolute atomic E-state index is 12.2. The first-order chi connectivity index (χ1) is 8.83. The smallest absolute Gasteiger partial charge is 0.422 e. The molecule has 1 rings (SSSR count). The number of nitrogens with zero attached hydrogens (tertiary/aromatic N) is 2. The summed E-state index contributed by atoms with van der Waals surface area (Å²) in [4.78, 5) is 8.26. The predicted molar refractivity (Wildman–Crippen MR) is 65.1 cm³/mol. The molecule has 1 aromatic rings. The van der Waals surface area contributed by atoms with Gasteiger partial charge < -0.3 is 10.1 Å². The third-order valence-electron chi connectivity index (χ3n) is 2.30. The molecular formula is C12H18F3N3O. The molecule has 0 atom stereocenters. The van der Waals surface area contributed by atoms with Gasteiger partial charge in [0.1, 0.15) is 5.82 Å².